The Morgan fingerprint density at radius 3 is 2.65 bits per heavy atom. The summed E-state index contributed by atoms with van der Waals surface area (Å²) in [6.45, 7) is 4.16. The lowest BCUT2D eigenvalue weighted by Gasteiger charge is -2.13. The summed E-state index contributed by atoms with van der Waals surface area (Å²) >= 11 is 1.30. The summed E-state index contributed by atoms with van der Waals surface area (Å²) in [4.78, 5) is 17.3. The average Bonchev–Trinajstić information content (AvgIpc) is 3.01. The molecule has 0 amide bonds. The molecule has 1 heterocycles. The van der Waals surface area contributed by atoms with E-state index in [2.05, 4.69) is 28.3 Å². The molecule has 8 heteroatoms. The quantitative estimate of drug-likeness (QED) is 0.445. The number of fused-ring (bicyclic) bond motifs is 1. The van der Waals surface area contributed by atoms with Gasteiger partial charge in [-0.3, -0.25) is 9.08 Å². The molecular formula is C18H24N2O4S2. The molecule has 2 aromatic rings. The lowest BCUT2D eigenvalue weighted by Crippen LogP contribution is -2.20. The van der Waals surface area contributed by atoms with Gasteiger partial charge in [0.1, 0.15) is 5.01 Å². The number of Topliss-reactive ketones (excluding diaryl/α,β-unsaturated/α-hetero) is 1. The van der Waals surface area contributed by atoms with Gasteiger partial charge in [0.05, 0.1) is 16.5 Å². The van der Waals surface area contributed by atoms with Crippen LogP contribution in [0.15, 0.2) is 29.4 Å². The lowest BCUT2D eigenvalue weighted by atomic mass is 9.92. The summed E-state index contributed by atoms with van der Waals surface area (Å²) in [6.07, 6.45) is 5.16. The van der Waals surface area contributed by atoms with E-state index in [1.165, 1.54) is 11.3 Å². The van der Waals surface area contributed by atoms with E-state index in [0.717, 1.165) is 42.2 Å². The molecule has 0 bridgehead atoms. The third kappa shape index (κ3) is 5.88. The fourth-order valence-electron chi connectivity index (χ4n) is 2.59. The zero-order valence-corrected chi connectivity index (χ0v) is 16.9. The van der Waals surface area contributed by atoms with Crippen LogP contribution in [0.1, 0.15) is 51.0 Å². The minimum Gasteiger partial charge on any atom is -0.292 e. The van der Waals surface area contributed by atoms with E-state index in [-0.39, 0.29) is 17.4 Å². The number of unbranched alkanes of at least 4 members (excludes halogenated alkanes) is 1. The van der Waals surface area contributed by atoms with Crippen LogP contribution in [0.25, 0.3) is 10.2 Å². The number of ketones is 1. The maximum absolute atomic E-state index is 12.8. The third-order valence-electron chi connectivity index (χ3n) is 4.04. The Bertz CT molecular complexity index is 854. The van der Waals surface area contributed by atoms with Crippen molar-refractivity contribution in [1.29, 1.82) is 0 Å². The molecule has 0 radical (unpaired) electrons. The van der Waals surface area contributed by atoms with Crippen LogP contribution in [0, 0.1) is 5.92 Å². The van der Waals surface area contributed by atoms with E-state index in [9.17, 15) is 13.2 Å². The Balaban J connectivity index is 2.32. The second-order valence-corrected chi connectivity index (χ2v) is 8.84. The number of hydrogen-bond donors (Lipinski definition) is 0. The number of hydrogen-bond acceptors (Lipinski definition) is 7. The number of aromatic nitrogens is 1. The summed E-state index contributed by atoms with van der Waals surface area (Å²) < 4.78 is 28.1. The lowest BCUT2D eigenvalue weighted by molar-refractivity contribution is -0.113. The highest BCUT2D eigenvalue weighted by Gasteiger charge is 2.23. The highest BCUT2D eigenvalue weighted by atomic mass is 32.2. The molecule has 26 heavy (non-hydrogen) atoms. The summed E-state index contributed by atoms with van der Waals surface area (Å²) in [5.74, 6) is -0.00378. The van der Waals surface area contributed by atoms with Gasteiger partial charge in [0.15, 0.2) is 11.5 Å². The zero-order valence-electron chi connectivity index (χ0n) is 15.3. The Labute approximate surface area is 158 Å². The van der Waals surface area contributed by atoms with Crippen LogP contribution in [-0.2, 0) is 19.2 Å². The predicted octanol–water partition coefficient (Wildman–Crippen LogP) is 4.15. The van der Waals surface area contributed by atoms with E-state index < -0.39 is 10.1 Å². The Kier molecular flexibility index (Phi) is 7.28. The first-order valence-electron chi connectivity index (χ1n) is 8.69. The van der Waals surface area contributed by atoms with Crippen molar-refractivity contribution in [3.05, 3.63) is 29.3 Å². The van der Waals surface area contributed by atoms with Gasteiger partial charge < -0.3 is 0 Å². The molecule has 1 aromatic carbocycles. The molecular weight excluding hydrogens is 372 g/mol. The number of carbonyl (C=O) groups is 1. The molecule has 1 atom stereocenters. The van der Waals surface area contributed by atoms with Crippen LogP contribution in [0.5, 0.6) is 0 Å². The van der Waals surface area contributed by atoms with Crippen molar-refractivity contribution in [2.24, 2.45) is 11.1 Å². The highest BCUT2D eigenvalue weighted by molar-refractivity contribution is 7.85. The van der Waals surface area contributed by atoms with Gasteiger partial charge in [-0.15, -0.1) is 11.3 Å². The Morgan fingerprint density at radius 2 is 2.04 bits per heavy atom. The molecule has 1 unspecified atom stereocenters. The molecule has 0 saturated carbocycles. The van der Waals surface area contributed by atoms with Crippen molar-refractivity contribution >= 4 is 43.2 Å². The minimum atomic E-state index is -3.80. The van der Waals surface area contributed by atoms with Crippen LogP contribution < -0.4 is 0 Å². The summed E-state index contributed by atoms with van der Waals surface area (Å²) in [6, 6.07) is 7.47. The van der Waals surface area contributed by atoms with Gasteiger partial charge in [0.2, 0.25) is 0 Å². The molecule has 0 aliphatic rings. The number of carbonyl (C=O) groups excluding carboxylic acids is 1. The number of benzene rings is 1. The molecule has 142 valence electrons. The van der Waals surface area contributed by atoms with Gasteiger partial charge in [-0.2, -0.15) is 8.42 Å². The molecule has 1 aromatic heterocycles. The standard InChI is InChI=1S/C18H24N2O4S2/c1-4-6-9-13(5-2)12-15(21)17(20-24-26(3,22)23)18-19-14-10-7-8-11-16(14)25-18/h7-8,10-11,13H,4-6,9,12H2,1-3H3/b20-17+. The van der Waals surface area contributed by atoms with Crippen LogP contribution in [0.4, 0.5) is 0 Å². The van der Waals surface area contributed by atoms with Crippen molar-refractivity contribution < 1.29 is 17.5 Å². The predicted molar refractivity (Wildman–Crippen MR) is 105 cm³/mol. The number of rotatable bonds is 10. The molecule has 0 fully saturated rings. The van der Waals surface area contributed by atoms with Crippen LogP contribution in [0.2, 0.25) is 0 Å². The monoisotopic (exact) mass is 396 g/mol. The molecule has 0 spiro atoms. The van der Waals surface area contributed by atoms with Crippen molar-refractivity contribution in [2.45, 2.75) is 46.0 Å². The number of para-hydroxylation sites is 1. The van der Waals surface area contributed by atoms with Crippen LogP contribution in [-0.4, -0.2) is 31.2 Å². The van der Waals surface area contributed by atoms with E-state index in [4.69, 9.17) is 0 Å². The fraction of sp³-hybridized carbons (Fsp3) is 0.500. The van der Waals surface area contributed by atoms with Gasteiger partial charge in [0, 0.05) is 6.42 Å². The number of thiazole rings is 1. The molecule has 2 rings (SSSR count). The fourth-order valence-corrected chi connectivity index (χ4v) is 3.76. The molecule has 0 aliphatic carbocycles. The first-order valence-corrected chi connectivity index (χ1v) is 11.3. The molecule has 0 aliphatic heterocycles. The van der Waals surface area contributed by atoms with Crippen LogP contribution in [0.3, 0.4) is 0 Å². The van der Waals surface area contributed by atoms with E-state index in [1.807, 2.05) is 24.3 Å². The van der Waals surface area contributed by atoms with Crippen LogP contribution >= 0.6 is 11.3 Å². The smallest absolute Gasteiger partial charge is 0.292 e. The maximum atomic E-state index is 12.8. The third-order valence-corrected chi connectivity index (χ3v) is 5.43. The summed E-state index contributed by atoms with van der Waals surface area (Å²) in [5.41, 5.74) is 0.719. The van der Waals surface area contributed by atoms with E-state index in [0.29, 0.717) is 11.4 Å². The molecule has 6 nitrogen and oxygen atoms in total. The second-order valence-electron chi connectivity index (χ2n) is 6.25. The largest absolute Gasteiger partial charge is 0.325 e. The summed E-state index contributed by atoms with van der Waals surface area (Å²) in [5, 5.41) is 4.03. The first-order chi connectivity index (χ1) is 12.3. The maximum Gasteiger partial charge on any atom is 0.325 e. The second kappa shape index (κ2) is 9.23. The van der Waals surface area contributed by atoms with Gasteiger partial charge >= 0.3 is 10.1 Å². The van der Waals surface area contributed by atoms with Crippen molar-refractivity contribution in [3.63, 3.8) is 0 Å². The minimum absolute atomic E-state index is 0.0217. The van der Waals surface area contributed by atoms with Gasteiger partial charge in [-0.05, 0) is 18.1 Å². The summed E-state index contributed by atoms with van der Waals surface area (Å²) in [7, 11) is -3.80. The average molecular weight is 397 g/mol. The SMILES string of the molecule is CCCCC(CC)CC(=O)/C(=N\OS(C)(=O)=O)c1nc2ccccc2s1. The number of oxime groups is 1. The normalized spacial score (nSPS) is 13.7. The first kappa shape index (κ1) is 20.5. The van der Waals surface area contributed by atoms with Crippen molar-refractivity contribution in [2.75, 3.05) is 6.26 Å². The van der Waals surface area contributed by atoms with Gasteiger partial charge in [-0.1, -0.05) is 56.8 Å². The van der Waals surface area contributed by atoms with E-state index in [1.54, 1.807) is 0 Å². The Morgan fingerprint density at radius 1 is 1.31 bits per heavy atom. The van der Waals surface area contributed by atoms with Gasteiger partial charge in [0.25, 0.3) is 0 Å². The zero-order chi connectivity index (χ0) is 19.2. The van der Waals surface area contributed by atoms with E-state index >= 15 is 0 Å². The van der Waals surface area contributed by atoms with Crippen molar-refractivity contribution in [1.82, 2.24) is 4.98 Å². The molecule has 0 saturated heterocycles. The molecule has 0 N–H and O–H groups in total. The van der Waals surface area contributed by atoms with Gasteiger partial charge in [-0.25, -0.2) is 4.98 Å². The highest BCUT2D eigenvalue weighted by Crippen LogP contribution is 2.24. The van der Waals surface area contributed by atoms with Crippen molar-refractivity contribution in [3.8, 4) is 0 Å². The topological polar surface area (TPSA) is 85.7 Å². The Hall–Kier alpha value is -1.80. The number of nitrogens with zero attached hydrogens (tertiary/aromatic N) is 2.